The van der Waals surface area contributed by atoms with Crippen LogP contribution in [0.15, 0.2) is 52.0 Å². The molecule has 2 rings (SSSR count). The second-order valence-electron chi connectivity index (χ2n) is 4.06. The Morgan fingerprint density at radius 3 is 2.70 bits per heavy atom. The molecule has 0 aliphatic rings. The summed E-state index contributed by atoms with van der Waals surface area (Å²) < 4.78 is 9.88. The van der Waals surface area contributed by atoms with E-state index in [1.807, 2.05) is 18.2 Å². The molecule has 0 aliphatic heterocycles. The van der Waals surface area contributed by atoms with Crippen LogP contribution in [0, 0.1) is 0 Å². The number of hydrogen-bond acceptors (Lipinski definition) is 6. The van der Waals surface area contributed by atoms with Gasteiger partial charge in [0, 0.05) is 10.6 Å². The number of benzene rings is 1. The van der Waals surface area contributed by atoms with Crippen molar-refractivity contribution < 1.29 is 19.1 Å². The highest BCUT2D eigenvalue weighted by Gasteiger charge is 2.31. The van der Waals surface area contributed by atoms with Gasteiger partial charge in [-0.05, 0) is 24.3 Å². The number of nitrogens with two attached hydrogens (primary N) is 1. The Kier molecular flexibility index (Phi) is 4.70. The third-order valence-electron chi connectivity index (χ3n) is 2.73. The summed E-state index contributed by atoms with van der Waals surface area (Å²) in [7, 11) is 1.23. The number of carbonyl (C=O) groups is 1. The lowest BCUT2D eigenvalue weighted by molar-refractivity contribution is -0.150. The van der Waals surface area contributed by atoms with E-state index in [4.69, 9.17) is 10.2 Å². The zero-order chi connectivity index (χ0) is 14.5. The Balaban J connectivity index is 2.28. The van der Waals surface area contributed by atoms with Gasteiger partial charge in [-0.2, -0.15) is 0 Å². The smallest absolute Gasteiger partial charge is 0.336 e. The second kappa shape index (κ2) is 6.49. The van der Waals surface area contributed by atoms with Crippen molar-refractivity contribution in [3.8, 4) is 0 Å². The Morgan fingerprint density at radius 1 is 1.35 bits per heavy atom. The molecule has 0 aliphatic carbocycles. The van der Waals surface area contributed by atoms with E-state index in [-0.39, 0.29) is 0 Å². The first-order chi connectivity index (χ1) is 9.63. The average molecular weight is 293 g/mol. The SMILES string of the molecule is COC(=O)[C@H](O)[C@@H](Sc1ccccc1N)c1ccco1. The van der Waals surface area contributed by atoms with Crippen molar-refractivity contribution in [1.82, 2.24) is 0 Å². The van der Waals surface area contributed by atoms with Gasteiger partial charge in [-0.15, -0.1) is 11.8 Å². The van der Waals surface area contributed by atoms with E-state index in [2.05, 4.69) is 4.74 Å². The Bertz CT molecular complexity index is 570. The molecule has 0 fully saturated rings. The molecular weight excluding hydrogens is 278 g/mol. The highest BCUT2D eigenvalue weighted by atomic mass is 32.2. The van der Waals surface area contributed by atoms with Crippen LogP contribution in [-0.4, -0.2) is 24.3 Å². The highest BCUT2D eigenvalue weighted by molar-refractivity contribution is 7.99. The van der Waals surface area contributed by atoms with E-state index < -0.39 is 17.3 Å². The van der Waals surface area contributed by atoms with Crippen LogP contribution < -0.4 is 5.73 Å². The topological polar surface area (TPSA) is 85.7 Å². The standard InChI is InChI=1S/C14H15NO4S/c1-18-14(17)12(16)13(10-6-4-8-19-10)20-11-7-3-2-5-9(11)15/h2-8,12-13,16H,15H2,1H3/t12-,13+/m1/s1. The molecule has 2 atom stereocenters. The van der Waals surface area contributed by atoms with Crippen LogP contribution in [0.3, 0.4) is 0 Å². The largest absolute Gasteiger partial charge is 0.468 e. The van der Waals surface area contributed by atoms with Crippen LogP contribution in [-0.2, 0) is 9.53 Å². The number of carbonyl (C=O) groups excluding carboxylic acids is 1. The van der Waals surface area contributed by atoms with E-state index in [0.717, 1.165) is 4.90 Å². The van der Waals surface area contributed by atoms with Gasteiger partial charge >= 0.3 is 5.97 Å². The maximum absolute atomic E-state index is 11.6. The average Bonchev–Trinajstić information content (AvgIpc) is 2.99. The quantitative estimate of drug-likeness (QED) is 0.499. The van der Waals surface area contributed by atoms with Crippen molar-refractivity contribution in [3.05, 3.63) is 48.4 Å². The van der Waals surface area contributed by atoms with Gasteiger partial charge in [-0.25, -0.2) is 4.79 Å². The summed E-state index contributed by atoms with van der Waals surface area (Å²) in [6.07, 6.45) is 0.150. The lowest BCUT2D eigenvalue weighted by Crippen LogP contribution is -2.27. The van der Waals surface area contributed by atoms with Crippen molar-refractivity contribution in [2.75, 3.05) is 12.8 Å². The number of hydrogen-bond donors (Lipinski definition) is 2. The molecule has 5 nitrogen and oxygen atoms in total. The van der Waals surface area contributed by atoms with Gasteiger partial charge in [0.15, 0.2) is 6.10 Å². The third kappa shape index (κ3) is 3.15. The monoisotopic (exact) mass is 293 g/mol. The Morgan fingerprint density at radius 2 is 2.10 bits per heavy atom. The summed E-state index contributed by atoms with van der Waals surface area (Å²) in [6, 6.07) is 10.6. The maximum Gasteiger partial charge on any atom is 0.336 e. The van der Waals surface area contributed by atoms with Crippen molar-refractivity contribution in [2.24, 2.45) is 0 Å². The fourth-order valence-corrected chi connectivity index (χ4v) is 2.83. The first-order valence-electron chi connectivity index (χ1n) is 5.94. The molecule has 2 aromatic rings. The number of para-hydroxylation sites is 1. The van der Waals surface area contributed by atoms with Gasteiger partial charge in [0.05, 0.1) is 13.4 Å². The van der Waals surface area contributed by atoms with Gasteiger partial charge < -0.3 is 20.0 Å². The molecule has 106 valence electrons. The molecule has 20 heavy (non-hydrogen) atoms. The number of anilines is 1. The van der Waals surface area contributed by atoms with Crippen LogP contribution in [0.25, 0.3) is 0 Å². The molecule has 1 aromatic carbocycles. The van der Waals surface area contributed by atoms with Crippen molar-refractivity contribution in [3.63, 3.8) is 0 Å². The molecule has 6 heteroatoms. The number of thioether (sulfide) groups is 1. The zero-order valence-corrected chi connectivity index (χ0v) is 11.7. The van der Waals surface area contributed by atoms with Crippen LogP contribution in [0.5, 0.6) is 0 Å². The Hall–Kier alpha value is -1.92. The predicted molar refractivity (Wildman–Crippen MR) is 76.2 cm³/mol. The molecule has 0 amide bonds. The number of aliphatic hydroxyl groups excluding tert-OH is 1. The van der Waals surface area contributed by atoms with Crippen LogP contribution in [0.4, 0.5) is 5.69 Å². The molecule has 1 aromatic heterocycles. The lowest BCUT2D eigenvalue weighted by Gasteiger charge is -2.19. The summed E-state index contributed by atoms with van der Waals surface area (Å²) in [5, 5.41) is 9.48. The van der Waals surface area contributed by atoms with Gasteiger partial charge in [0.25, 0.3) is 0 Å². The molecular formula is C14H15NO4S. The summed E-state index contributed by atoms with van der Waals surface area (Å²) in [4.78, 5) is 12.3. The summed E-state index contributed by atoms with van der Waals surface area (Å²) in [5.41, 5.74) is 6.46. The van der Waals surface area contributed by atoms with Crippen molar-refractivity contribution in [1.29, 1.82) is 0 Å². The molecule has 1 heterocycles. The lowest BCUT2D eigenvalue weighted by atomic mass is 10.2. The minimum Gasteiger partial charge on any atom is -0.468 e. The van der Waals surface area contributed by atoms with Crippen LogP contribution in [0.2, 0.25) is 0 Å². The first-order valence-corrected chi connectivity index (χ1v) is 6.82. The number of furan rings is 1. The second-order valence-corrected chi connectivity index (χ2v) is 5.24. The molecule has 0 saturated carbocycles. The van der Waals surface area contributed by atoms with E-state index in [1.54, 1.807) is 18.2 Å². The molecule has 0 bridgehead atoms. The minimum absolute atomic E-state index is 0.483. The van der Waals surface area contributed by atoms with Gasteiger partial charge in [0.2, 0.25) is 0 Å². The van der Waals surface area contributed by atoms with Crippen LogP contribution in [0.1, 0.15) is 11.0 Å². The summed E-state index contributed by atoms with van der Waals surface area (Å²) in [6.45, 7) is 0. The van der Waals surface area contributed by atoms with E-state index in [0.29, 0.717) is 11.4 Å². The number of esters is 1. The normalized spacial score (nSPS) is 13.7. The van der Waals surface area contributed by atoms with Gasteiger partial charge in [-0.3, -0.25) is 0 Å². The molecule has 0 saturated heterocycles. The van der Waals surface area contributed by atoms with Gasteiger partial charge in [0.1, 0.15) is 11.0 Å². The maximum atomic E-state index is 11.6. The number of rotatable bonds is 5. The van der Waals surface area contributed by atoms with E-state index >= 15 is 0 Å². The summed E-state index contributed by atoms with van der Waals surface area (Å²) in [5.74, 6) is -0.232. The van der Waals surface area contributed by atoms with E-state index in [9.17, 15) is 9.90 Å². The van der Waals surface area contributed by atoms with Crippen molar-refractivity contribution in [2.45, 2.75) is 16.2 Å². The minimum atomic E-state index is -1.34. The Labute approximate surface area is 120 Å². The van der Waals surface area contributed by atoms with Crippen LogP contribution >= 0.6 is 11.8 Å². The summed E-state index contributed by atoms with van der Waals surface area (Å²) >= 11 is 1.26. The highest BCUT2D eigenvalue weighted by Crippen LogP contribution is 2.40. The molecule has 3 N–H and O–H groups in total. The van der Waals surface area contributed by atoms with Gasteiger partial charge in [-0.1, -0.05) is 12.1 Å². The number of nitrogen functional groups attached to an aromatic ring is 1. The number of aliphatic hydroxyl groups is 1. The van der Waals surface area contributed by atoms with Crippen molar-refractivity contribution >= 4 is 23.4 Å². The third-order valence-corrected chi connectivity index (χ3v) is 4.10. The number of methoxy groups -OCH3 is 1. The fourth-order valence-electron chi connectivity index (χ4n) is 1.70. The zero-order valence-electron chi connectivity index (χ0n) is 10.9. The molecule has 0 spiro atoms. The first kappa shape index (κ1) is 14.5. The fraction of sp³-hybridized carbons (Fsp3) is 0.214. The number of ether oxygens (including phenoxy) is 1. The molecule has 0 radical (unpaired) electrons. The molecule has 0 unspecified atom stereocenters. The van der Waals surface area contributed by atoms with E-state index in [1.165, 1.54) is 25.1 Å². The predicted octanol–water partition coefficient (Wildman–Crippen LogP) is 2.23.